The maximum Gasteiger partial charge on any atom is 0.394 e. The molecule has 0 aromatic carbocycles. The van der Waals surface area contributed by atoms with Crippen LogP contribution in [0.3, 0.4) is 0 Å². The number of halogens is 3. The third-order valence-electron chi connectivity index (χ3n) is 1.61. The standard InChI is InChI=1S/C9H11F3N2/c1-7(9(10,11)12)2-3-8(6-14)4-5-13/h2-3,6-7H,4,14H2,1H3/b3-2-,8-6+. The first kappa shape index (κ1) is 12.6. The van der Waals surface area contributed by atoms with Gasteiger partial charge in [-0.1, -0.05) is 19.1 Å². The van der Waals surface area contributed by atoms with Gasteiger partial charge in [-0.15, -0.1) is 0 Å². The minimum atomic E-state index is -4.25. The van der Waals surface area contributed by atoms with E-state index in [2.05, 4.69) is 0 Å². The van der Waals surface area contributed by atoms with E-state index in [0.717, 1.165) is 19.2 Å². The molecule has 0 aliphatic heterocycles. The van der Waals surface area contributed by atoms with Gasteiger partial charge in [-0.3, -0.25) is 0 Å². The molecule has 0 aromatic rings. The number of nitrogens with zero attached hydrogens (tertiary/aromatic N) is 1. The van der Waals surface area contributed by atoms with E-state index in [4.69, 9.17) is 11.0 Å². The third-order valence-corrected chi connectivity index (χ3v) is 1.61. The van der Waals surface area contributed by atoms with Gasteiger partial charge in [0.1, 0.15) is 0 Å². The summed E-state index contributed by atoms with van der Waals surface area (Å²) in [6, 6.07) is 1.80. The zero-order valence-corrected chi connectivity index (χ0v) is 7.67. The summed E-state index contributed by atoms with van der Waals surface area (Å²) < 4.78 is 36.1. The molecule has 0 bridgehead atoms. The molecule has 1 atom stereocenters. The van der Waals surface area contributed by atoms with E-state index >= 15 is 0 Å². The molecule has 2 N–H and O–H groups in total. The highest BCUT2D eigenvalue weighted by atomic mass is 19.4. The Morgan fingerprint density at radius 2 is 2.14 bits per heavy atom. The van der Waals surface area contributed by atoms with E-state index in [1.54, 1.807) is 6.07 Å². The molecule has 0 aliphatic rings. The monoisotopic (exact) mass is 204 g/mol. The number of hydrogen-bond acceptors (Lipinski definition) is 2. The Bertz CT molecular complexity index is 271. The van der Waals surface area contributed by atoms with Gasteiger partial charge in [-0.05, 0) is 11.8 Å². The normalized spacial score (nSPS) is 15.5. The summed E-state index contributed by atoms with van der Waals surface area (Å²) >= 11 is 0. The average Bonchev–Trinajstić information content (AvgIpc) is 2.10. The Labute approximate surface area is 80.5 Å². The van der Waals surface area contributed by atoms with Crippen LogP contribution in [0.15, 0.2) is 23.9 Å². The van der Waals surface area contributed by atoms with Crippen LogP contribution in [0, 0.1) is 17.2 Å². The van der Waals surface area contributed by atoms with Crippen LogP contribution in [-0.4, -0.2) is 6.18 Å². The molecular weight excluding hydrogens is 193 g/mol. The average molecular weight is 204 g/mol. The second kappa shape index (κ2) is 5.32. The fraction of sp³-hybridized carbons (Fsp3) is 0.444. The van der Waals surface area contributed by atoms with E-state index in [0.29, 0.717) is 5.57 Å². The highest BCUT2D eigenvalue weighted by Crippen LogP contribution is 2.26. The van der Waals surface area contributed by atoms with Crippen molar-refractivity contribution in [1.82, 2.24) is 0 Å². The van der Waals surface area contributed by atoms with Crippen LogP contribution in [-0.2, 0) is 0 Å². The molecule has 2 nitrogen and oxygen atoms in total. The van der Waals surface area contributed by atoms with Crippen molar-refractivity contribution in [3.63, 3.8) is 0 Å². The van der Waals surface area contributed by atoms with Crippen molar-refractivity contribution in [1.29, 1.82) is 5.26 Å². The van der Waals surface area contributed by atoms with E-state index in [9.17, 15) is 13.2 Å². The van der Waals surface area contributed by atoms with Crippen LogP contribution in [0.2, 0.25) is 0 Å². The smallest absolute Gasteiger partial charge is 0.394 e. The summed E-state index contributed by atoms with van der Waals surface area (Å²) in [5.41, 5.74) is 5.49. The van der Waals surface area contributed by atoms with Crippen molar-refractivity contribution < 1.29 is 13.2 Å². The summed E-state index contributed by atoms with van der Waals surface area (Å²) in [4.78, 5) is 0. The Balaban J connectivity index is 4.37. The summed E-state index contributed by atoms with van der Waals surface area (Å²) in [5, 5.41) is 8.29. The molecule has 0 amide bonds. The Morgan fingerprint density at radius 3 is 2.50 bits per heavy atom. The summed E-state index contributed by atoms with van der Waals surface area (Å²) in [6.07, 6.45) is -0.902. The fourth-order valence-corrected chi connectivity index (χ4v) is 0.642. The third kappa shape index (κ3) is 4.55. The van der Waals surface area contributed by atoms with E-state index in [1.807, 2.05) is 0 Å². The predicted octanol–water partition coefficient (Wildman–Crippen LogP) is 2.50. The van der Waals surface area contributed by atoms with Gasteiger partial charge < -0.3 is 5.73 Å². The summed E-state index contributed by atoms with van der Waals surface area (Å²) in [5.74, 6) is -1.53. The van der Waals surface area contributed by atoms with Crippen molar-refractivity contribution in [2.75, 3.05) is 0 Å². The van der Waals surface area contributed by atoms with Gasteiger partial charge in [0.05, 0.1) is 18.4 Å². The first-order chi connectivity index (χ1) is 6.41. The van der Waals surface area contributed by atoms with Crippen LogP contribution in [0.4, 0.5) is 13.2 Å². The highest BCUT2D eigenvalue weighted by molar-refractivity contribution is 5.21. The lowest BCUT2D eigenvalue weighted by molar-refractivity contribution is -0.156. The second-order valence-corrected chi connectivity index (χ2v) is 2.77. The molecule has 1 unspecified atom stereocenters. The van der Waals surface area contributed by atoms with Crippen LogP contribution < -0.4 is 5.73 Å². The molecule has 0 heterocycles. The number of hydrogen-bond donors (Lipinski definition) is 1. The lowest BCUT2D eigenvalue weighted by Crippen LogP contribution is -2.17. The molecule has 14 heavy (non-hydrogen) atoms. The molecule has 0 rings (SSSR count). The Morgan fingerprint density at radius 1 is 1.57 bits per heavy atom. The van der Waals surface area contributed by atoms with E-state index in [1.165, 1.54) is 6.08 Å². The molecular formula is C9H11F3N2. The van der Waals surface area contributed by atoms with Crippen LogP contribution in [0.5, 0.6) is 0 Å². The molecule has 0 saturated carbocycles. The quantitative estimate of drug-likeness (QED) is 0.718. The van der Waals surface area contributed by atoms with E-state index < -0.39 is 12.1 Å². The second-order valence-electron chi connectivity index (χ2n) is 2.77. The minimum absolute atomic E-state index is 0.0115. The molecule has 0 fully saturated rings. The predicted molar refractivity (Wildman–Crippen MR) is 46.9 cm³/mol. The molecule has 0 aromatic heterocycles. The van der Waals surface area contributed by atoms with Gasteiger partial charge in [-0.25, -0.2) is 0 Å². The first-order valence-corrected chi connectivity index (χ1v) is 3.94. The molecule has 0 spiro atoms. The largest absolute Gasteiger partial charge is 0.404 e. The minimum Gasteiger partial charge on any atom is -0.404 e. The van der Waals surface area contributed by atoms with E-state index in [-0.39, 0.29) is 6.42 Å². The van der Waals surface area contributed by atoms with Crippen molar-refractivity contribution in [2.24, 2.45) is 11.7 Å². The summed E-state index contributed by atoms with van der Waals surface area (Å²) in [6.45, 7) is 1.04. The maximum atomic E-state index is 12.0. The van der Waals surface area contributed by atoms with Crippen LogP contribution in [0.1, 0.15) is 13.3 Å². The first-order valence-electron chi connectivity index (χ1n) is 3.94. The zero-order valence-electron chi connectivity index (χ0n) is 7.67. The summed E-state index contributed by atoms with van der Waals surface area (Å²) in [7, 11) is 0. The molecule has 0 saturated heterocycles. The molecule has 0 radical (unpaired) electrons. The van der Waals surface area contributed by atoms with Gasteiger partial charge in [-0.2, -0.15) is 18.4 Å². The van der Waals surface area contributed by atoms with Gasteiger partial charge in [0.15, 0.2) is 0 Å². The maximum absolute atomic E-state index is 12.0. The Hall–Kier alpha value is -1.44. The van der Waals surface area contributed by atoms with Crippen molar-refractivity contribution >= 4 is 0 Å². The molecule has 5 heteroatoms. The lowest BCUT2D eigenvalue weighted by Gasteiger charge is -2.10. The lowest BCUT2D eigenvalue weighted by atomic mass is 10.1. The van der Waals surface area contributed by atoms with Gasteiger partial charge in [0.2, 0.25) is 0 Å². The fourth-order valence-electron chi connectivity index (χ4n) is 0.642. The number of nitriles is 1. The zero-order chi connectivity index (χ0) is 11.2. The number of rotatable bonds is 3. The number of allylic oxidation sites excluding steroid dienone is 3. The molecule has 78 valence electrons. The van der Waals surface area contributed by atoms with Crippen LogP contribution >= 0.6 is 0 Å². The van der Waals surface area contributed by atoms with Crippen molar-refractivity contribution in [3.8, 4) is 6.07 Å². The van der Waals surface area contributed by atoms with Crippen LogP contribution in [0.25, 0.3) is 0 Å². The SMILES string of the molecule is CC(/C=C\C(=C/N)CC#N)C(F)(F)F. The van der Waals surface area contributed by atoms with Gasteiger partial charge in [0, 0.05) is 0 Å². The molecule has 0 aliphatic carbocycles. The highest BCUT2D eigenvalue weighted by Gasteiger charge is 2.33. The van der Waals surface area contributed by atoms with Gasteiger partial charge in [0.25, 0.3) is 0 Å². The van der Waals surface area contributed by atoms with Crippen molar-refractivity contribution in [2.45, 2.75) is 19.5 Å². The van der Waals surface area contributed by atoms with Crippen molar-refractivity contribution in [3.05, 3.63) is 23.9 Å². The Kier molecular flexibility index (Phi) is 4.78. The number of alkyl halides is 3. The van der Waals surface area contributed by atoms with Gasteiger partial charge >= 0.3 is 6.18 Å². The number of nitrogens with two attached hydrogens (primary N) is 1. The topological polar surface area (TPSA) is 49.8 Å².